The maximum absolute atomic E-state index is 5.29. The van der Waals surface area contributed by atoms with Crippen molar-refractivity contribution in [3.8, 4) is 0 Å². The summed E-state index contributed by atoms with van der Waals surface area (Å²) in [5.74, 6) is 1.10. The van der Waals surface area contributed by atoms with Gasteiger partial charge in [0.2, 0.25) is 0 Å². The molecule has 3 nitrogen and oxygen atoms in total. The molecule has 0 aromatic carbocycles. The van der Waals surface area contributed by atoms with Crippen molar-refractivity contribution in [1.29, 1.82) is 0 Å². The molecule has 1 N–H and O–H groups in total. The standard InChI is InChI=1S/C10H17N3S2/c1-3-9-11-12-10(14)13(9)7-4-5-8(6-7)15-2/h7-8H,3-6H2,1-2H3,(H,12,14). The van der Waals surface area contributed by atoms with Crippen molar-refractivity contribution in [2.24, 2.45) is 0 Å². The lowest BCUT2D eigenvalue weighted by atomic mass is 10.2. The number of hydrogen-bond acceptors (Lipinski definition) is 3. The van der Waals surface area contributed by atoms with Crippen LogP contribution in [0.15, 0.2) is 0 Å². The van der Waals surface area contributed by atoms with Gasteiger partial charge in [-0.05, 0) is 37.7 Å². The first-order chi connectivity index (χ1) is 7.26. The molecule has 0 bridgehead atoms. The number of nitrogens with one attached hydrogen (secondary N) is 1. The largest absolute Gasteiger partial charge is 0.301 e. The topological polar surface area (TPSA) is 33.6 Å². The molecule has 0 amide bonds. The van der Waals surface area contributed by atoms with Gasteiger partial charge in [0.15, 0.2) is 4.77 Å². The first-order valence-electron chi connectivity index (χ1n) is 5.44. The van der Waals surface area contributed by atoms with E-state index in [0.717, 1.165) is 22.3 Å². The SMILES string of the molecule is CCc1n[nH]c(=S)n1C1CCC(SC)C1. The Balaban J connectivity index is 2.22. The lowest BCUT2D eigenvalue weighted by molar-refractivity contribution is 0.494. The molecule has 0 aliphatic heterocycles. The van der Waals surface area contributed by atoms with Crippen LogP contribution in [0, 0.1) is 4.77 Å². The zero-order chi connectivity index (χ0) is 10.8. The summed E-state index contributed by atoms with van der Waals surface area (Å²) in [6, 6.07) is 0.573. The fourth-order valence-electron chi connectivity index (χ4n) is 2.33. The first-order valence-corrected chi connectivity index (χ1v) is 7.14. The number of hydrogen-bond donors (Lipinski definition) is 1. The van der Waals surface area contributed by atoms with Gasteiger partial charge in [-0.15, -0.1) is 0 Å². The van der Waals surface area contributed by atoms with Crippen molar-refractivity contribution in [3.05, 3.63) is 10.6 Å². The lowest BCUT2D eigenvalue weighted by Gasteiger charge is -2.13. The minimum atomic E-state index is 0.573. The van der Waals surface area contributed by atoms with Gasteiger partial charge in [-0.25, -0.2) is 0 Å². The zero-order valence-electron chi connectivity index (χ0n) is 9.19. The third-order valence-electron chi connectivity index (χ3n) is 3.15. The van der Waals surface area contributed by atoms with Gasteiger partial charge in [0.05, 0.1) is 0 Å². The lowest BCUT2D eigenvalue weighted by Crippen LogP contribution is -2.10. The summed E-state index contributed by atoms with van der Waals surface area (Å²) in [6.07, 6.45) is 6.94. The van der Waals surface area contributed by atoms with Crippen molar-refractivity contribution in [3.63, 3.8) is 0 Å². The molecule has 0 spiro atoms. The fourth-order valence-corrected chi connectivity index (χ4v) is 3.42. The van der Waals surface area contributed by atoms with Gasteiger partial charge in [0.25, 0.3) is 0 Å². The molecular formula is C10H17N3S2. The van der Waals surface area contributed by atoms with Gasteiger partial charge >= 0.3 is 0 Å². The van der Waals surface area contributed by atoms with Gasteiger partial charge in [-0.1, -0.05) is 6.92 Å². The highest BCUT2D eigenvalue weighted by Crippen LogP contribution is 2.36. The molecule has 1 heterocycles. The molecular weight excluding hydrogens is 226 g/mol. The summed E-state index contributed by atoms with van der Waals surface area (Å²) in [5, 5.41) is 7.98. The van der Waals surface area contributed by atoms with Crippen molar-refractivity contribution in [2.75, 3.05) is 6.26 Å². The molecule has 1 aliphatic rings. The third kappa shape index (κ3) is 2.13. The second kappa shape index (κ2) is 4.70. The Bertz CT molecular complexity index is 382. The molecule has 1 aliphatic carbocycles. The second-order valence-electron chi connectivity index (χ2n) is 3.99. The van der Waals surface area contributed by atoms with Crippen LogP contribution < -0.4 is 0 Å². The van der Waals surface area contributed by atoms with E-state index in [1.807, 2.05) is 11.8 Å². The average molecular weight is 243 g/mol. The van der Waals surface area contributed by atoms with E-state index in [2.05, 4.69) is 27.9 Å². The Kier molecular flexibility index (Phi) is 3.51. The quantitative estimate of drug-likeness (QED) is 0.829. The number of thioether (sulfide) groups is 1. The monoisotopic (exact) mass is 243 g/mol. The molecule has 2 atom stereocenters. The van der Waals surface area contributed by atoms with Crippen LogP contribution in [0.1, 0.15) is 38.1 Å². The summed E-state index contributed by atoms with van der Waals surface area (Å²) >= 11 is 7.26. The van der Waals surface area contributed by atoms with E-state index in [0.29, 0.717) is 6.04 Å². The first kappa shape index (κ1) is 11.2. The number of aryl methyl sites for hydroxylation is 1. The number of aromatic nitrogens is 3. The van der Waals surface area contributed by atoms with Crippen LogP contribution in [0.25, 0.3) is 0 Å². The van der Waals surface area contributed by atoms with Gasteiger partial charge < -0.3 is 4.57 Å². The molecule has 5 heteroatoms. The number of nitrogens with zero attached hydrogens (tertiary/aromatic N) is 2. The fraction of sp³-hybridized carbons (Fsp3) is 0.800. The molecule has 1 aromatic rings. The van der Waals surface area contributed by atoms with E-state index in [9.17, 15) is 0 Å². The highest BCUT2D eigenvalue weighted by molar-refractivity contribution is 7.99. The summed E-state index contributed by atoms with van der Waals surface area (Å²) < 4.78 is 3.02. The predicted molar refractivity (Wildman–Crippen MR) is 67.0 cm³/mol. The molecule has 1 saturated carbocycles. The number of H-pyrrole nitrogens is 1. The number of aromatic amines is 1. The van der Waals surface area contributed by atoms with Gasteiger partial charge in [0, 0.05) is 17.7 Å². The molecule has 0 saturated heterocycles. The minimum Gasteiger partial charge on any atom is -0.301 e. The van der Waals surface area contributed by atoms with Gasteiger partial charge in [-0.3, -0.25) is 5.10 Å². The summed E-state index contributed by atoms with van der Waals surface area (Å²) in [4.78, 5) is 0. The van der Waals surface area contributed by atoms with Crippen LogP contribution in [0.3, 0.4) is 0 Å². The molecule has 0 radical (unpaired) electrons. The maximum atomic E-state index is 5.29. The summed E-state index contributed by atoms with van der Waals surface area (Å²) in [5.41, 5.74) is 0. The molecule has 84 valence electrons. The second-order valence-corrected chi connectivity index (χ2v) is 5.52. The predicted octanol–water partition coefficient (Wildman–Crippen LogP) is 2.96. The summed E-state index contributed by atoms with van der Waals surface area (Å²) in [7, 11) is 0. The Morgan fingerprint density at radius 2 is 2.40 bits per heavy atom. The van der Waals surface area contributed by atoms with E-state index in [4.69, 9.17) is 12.2 Å². The Labute approximate surface area is 99.7 Å². The van der Waals surface area contributed by atoms with Crippen molar-refractivity contribution in [2.45, 2.75) is 43.9 Å². The highest BCUT2D eigenvalue weighted by Gasteiger charge is 2.27. The number of rotatable bonds is 3. The Morgan fingerprint density at radius 1 is 1.60 bits per heavy atom. The van der Waals surface area contributed by atoms with Crippen molar-refractivity contribution >= 4 is 24.0 Å². The highest BCUT2D eigenvalue weighted by atomic mass is 32.2. The Morgan fingerprint density at radius 3 is 3.00 bits per heavy atom. The van der Waals surface area contributed by atoms with E-state index >= 15 is 0 Å². The van der Waals surface area contributed by atoms with E-state index in [-0.39, 0.29) is 0 Å². The zero-order valence-corrected chi connectivity index (χ0v) is 10.8. The van der Waals surface area contributed by atoms with Crippen LogP contribution in [-0.2, 0) is 6.42 Å². The molecule has 1 fully saturated rings. The smallest absolute Gasteiger partial charge is 0.195 e. The molecule has 15 heavy (non-hydrogen) atoms. The van der Waals surface area contributed by atoms with Crippen LogP contribution in [-0.4, -0.2) is 26.3 Å². The van der Waals surface area contributed by atoms with Crippen LogP contribution in [0.2, 0.25) is 0 Å². The van der Waals surface area contributed by atoms with E-state index in [1.165, 1.54) is 19.3 Å². The van der Waals surface area contributed by atoms with Crippen LogP contribution in [0.4, 0.5) is 0 Å². The van der Waals surface area contributed by atoms with Gasteiger partial charge in [-0.2, -0.15) is 16.9 Å². The van der Waals surface area contributed by atoms with E-state index < -0.39 is 0 Å². The Hall–Kier alpha value is -0.290. The minimum absolute atomic E-state index is 0.573. The van der Waals surface area contributed by atoms with E-state index in [1.54, 1.807) is 0 Å². The maximum Gasteiger partial charge on any atom is 0.195 e. The van der Waals surface area contributed by atoms with Crippen LogP contribution >= 0.6 is 24.0 Å². The van der Waals surface area contributed by atoms with Crippen molar-refractivity contribution in [1.82, 2.24) is 14.8 Å². The third-order valence-corrected chi connectivity index (χ3v) is 4.53. The molecule has 1 aromatic heterocycles. The summed E-state index contributed by atoms with van der Waals surface area (Å²) in [6.45, 7) is 2.13. The van der Waals surface area contributed by atoms with Crippen molar-refractivity contribution < 1.29 is 0 Å². The molecule has 2 unspecified atom stereocenters. The normalized spacial score (nSPS) is 26.0. The van der Waals surface area contributed by atoms with Gasteiger partial charge in [0.1, 0.15) is 5.82 Å². The van der Waals surface area contributed by atoms with Crippen LogP contribution in [0.5, 0.6) is 0 Å². The molecule has 2 rings (SSSR count). The average Bonchev–Trinajstić information content (AvgIpc) is 2.83.